The van der Waals surface area contributed by atoms with E-state index in [0.29, 0.717) is 29.4 Å². The van der Waals surface area contributed by atoms with Crippen LogP contribution in [0, 0.1) is 12.8 Å². The second-order valence-electron chi connectivity index (χ2n) is 13.0. The predicted molar refractivity (Wildman–Crippen MR) is 177 cm³/mol. The summed E-state index contributed by atoms with van der Waals surface area (Å²) >= 11 is 0. The van der Waals surface area contributed by atoms with Crippen molar-refractivity contribution in [2.45, 2.75) is 62.5 Å². The number of fused-ring (bicyclic) bond motifs is 1. The van der Waals surface area contributed by atoms with Gasteiger partial charge in [-0.05, 0) is 92.4 Å². The maximum Gasteiger partial charge on any atom is 0.324 e. The largest absolute Gasteiger partial charge is 0.493 e. The van der Waals surface area contributed by atoms with E-state index in [1.807, 2.05) is 49.4 Å². The molecule has 2 aliphatic heterocycles. The van der Waals surface area contributed by atoms with Gasteiger partial charge >= 0.3 is 6.03 Å². The number of benzene rings is 3. The zero-order valence-corrected chi connectivity index (χ0v) is 27.1. The average molecular weight is 628 g/mol. The number of anilines is 2. The molecule has 4 aromatic rings. The van der Waals surface area contributed by atoms with Crippen LogP contribution in [-0.2, 0) is 21.7 Å². The van der Waals surface area contributed by atoms with Crippen molar-refractivity contribution in [2.24, 2.45) is 5.92 Å². The summed E-state index contributed by atoms with van der Waals surface area (Å²) in [5.41, 5.74) is 4.83. The van der Waals surface area contributed by atoms with Crippen molar-refractivity contribution < 1.29 is 17.9 Å². The fourth-order valence-corrected chi connectivity index (χ4v) is 8.24. The van der Waals surface area contributed by atoms with Crippen LogP contribution in [0.15, 0.2) is 77.7 Å². The van der Waals surface area contributed by atoms with Gasteiger partial charge in [0.05, 0.1) is 28.1 Å². The molecule has 2 aliphatic rings. The Morgan fingerprint density at radius 3 is 2.38 bits per heavy atom. The smallest absolute Gasteiger partial charge is 0.324 e. The van der Waals surface area contributed by atoms with Crippen LogP contribution < -0.4 is 20.7 Å². The number of aryl methyl sites for hydroxylation is 1. The number of nitrogens with zero attached hydrogens (tertiary/aromatic N) is 2. The Balaban J connectivity index is 1.23. The predicted octanol–water partition coefficient (Wildman–Crippen LogP) is 6.57. The van der Waals surface area contributed by atoms with Gasteiger partial charge in [0.15, 0.2) is 9.84 Å². The molecule has 0 spiro atoms. The van der Waals surface area contributed by atoms with Crippen molar-refractivity contribution in [2.75, 3.05) is 30.3 Å². The zero-order chi connectivity index (χ0) is 31.8. The van der Waals surface area contributed by atoms with Gasteiger partial charge in [-0.15, -0.1) is 0 Å². The van der Waals surface area contributed by atoms with Crippen LogP contribution in [0.5, 0.6) is 5.75 Å². The third-order valence-corrected chi connectivity index (χ3v) is 10.9. The van der Waals surface area contributed by atoms with E-state index in [1.165, 1.54) is 0 Å². The van der Waals surface area contributed by atoms with Gasteiger partial charge in [0.2, 0.25) is 0 Å². The minimum absolute atomic E-state index is 0.0260. The molecule has 1 aromatic heterocycles. The van der Waals surface area contributed by atoms with Crippen molar-refractivity contribution in [3.63, 3.8) is 0 Å². The Morgan fingerprint density at radius 2 is 1.69 bits per heavy atom. The van der Waals surface area contributed by atoms with E-state index >= 15 is 0 Å². The number of hydrogen-bond acceptors (Lipinski definition) is 6. The summed E-state index contributed by atoms with van der Waals surface area (Å²) in [7, 11) is -3.69. The molecular weight excluding hydrogens is 586 g/mol. The molecule has 1 fully saturated rings. The highest BCUT2D eigenvalue weighted by molar-refractivity contribution is 7.91. The molecule has 0 aliphatic carbocycles. The highest BCUT2D eigenvalue weighted by atomic mass is 32.2. The van der Waals surface area contributed by atoms with E-state index in [9.17, 15) is 13.2 Å². The Labute approximate surface area is 265 Å². The summed E-state index contributed by atoms with van der Waals surface area (Å²) in [6, 6.07) is 21.8. The molecule has 2 amide bonds. The molecule has 3 heterocycles. The molecule has 0 saturated carbocycles. The van der Waals surface area contributed by atoms with E-state index in [-0.39, 0.29) is 11.3 Å². The SMILES string of the molecule is Cc1ccc(-n2nc(C(C)(C)C)cc2NC(=O)Nc2ccc(C(C3CCNCC3)S(=O)(=O)c3ccc4c(c3)CCO4)cc2)cc1. The lowest BCUT2D eigenvalue weighted by atomic mass is 9.90. The molecule has 1 saturated heterocycles. The van der Waals surface area contributed by atoms with Gasteiger partial charge in [0.25, 0.3) is 0 Å². The molecule has 10 heteroatoms. The van der Waals surface area contributed by atoms with Gasteiger partial charge in [-0.2, -0.15) is 5.10 Å². The van der Waals surface area contributed by atoms with Gasteiger partial charge in [-0.3, -0.25) is 5.32 Å². The molecule has 236 valence electrons. The Bertz CT molecular complexity index is 1790. The van der Waals surface area contributed by atoms with Crippen LogP contribution in [0.4, 0.5) is 16.3 Å². The van der Waals surface area contributed by atoms with E-state index in [4.69, 9.17) is 9.84 Å². The second-order valence-corrected chi connectivity index (χ2v) is 15.1. The van der Waals surface area contributed by atoms with Gasteiger partial charge in [0, 0.05) is 23.6 Å². The highest BCUT2D eigenvalue weighted by Crippen LogP contribution is 2.41. The summed E-state index contributed by atoms with van der Waals surface area (Å²) in [5, 5.41) is 13.3. The van der Waals surface area contributed by atoms with Crippen molar-refractivity contribution in [3.05, 3.63) is 95.2 Å². The summed E-state index contributed by atoms with van der Waals surface area (Å²) in [4.78, 5) is 13.5. The Kier molecular flexibility index (Phi) is 8.45. The minimum atomic E-state index is -3.69. The molecular formula is C35H41N5O4S. The summed E-state index contributed by atoms with van der Waals surface area (Å²) in [6.45, 7) is 10.4. The molecule has 6 rings (SSSR count). The van der Waals surface area contributed by atoms with Crippen molar-refractivity contribution in [3.8, 4) is 11.4 Å². The molecule has 9 nitrogen and oxygen atoms in total. The standard InChI is InChI=1S/C35H41N5O4S/c1-23-5-11-28(12-6-23)40-32(22-31(39-40)35(2,3)4)38-34(41)37-27-9-7-24(8-10-27)33(25-15-18-36-19-16-25)45(42,43)29-13-14-30-26(21-29)17-20-44-30/h5-14,21-22,25,33,36H,15-20H2,1-4H3,(H2,37,38,41). The van der Waals surface area contributed by atoms with E-state index in [2.05, 4.69) is 36.7 Å². The maximum absolute atomic E-state index is 14.2. The quantitative estimate of drug-likeness (QED) is 0.214. The number of piperidine rings is 1. The summed E-state index contributed by atoms with van der Waals surface area (Å²) < 4.78 is 35.7. The fraction of sp³-hybridized carbons (Fsp3) is 0.371. The molecule has 1 atom stereocenters. The lowest BCUT2D eigenvalue weighted by Crippen LogP contribution is -2.33. The Hall–Kier alpha value is -4.15. The van der Waals surface area contributed by atoms with Gasteiger partial charge in [-0.25, -0.2) is 17.9 Å². The van der Waals surface area contributed by atoms with E-state index in [0.717, 1.165) is 59.8 Å². The first-order valence-electron chi connectivity index (χ1n) is 15.5. The number of carbonyl (C=O) groups excluding carboxylic acids is 1. The highest BCUT2D eigenvalue weighted by Gasteiger charge is 2.37. The number of nitrogens with one attached hydrogen (secondary N) is 3. The first-order chi connectivity index (χ1) is 21.5. The maximum atomic E-state index is 14.2. The van der Waals surface area contributed by atoms with Gasteiger partial charge in [0.1, 0.15) is 11.6 Å². The summed E-state index contributed by atoms with van der Waals surface area (Å²) in [6.07, 6.45) is 2.25. The number of aromatic nitrogens is 2. The topological polar surface area (TPSA) is 114 Å². The number of carbonyl (C=O) groups is 1. The minimum Gasteiger partial charge on any atom is -0.493 e. The van der Waals surface area contributed by atoms with Gasteiger partial charge in [-0.1, -0.05) is 50.6 Å². The monoisotopic (exact) mass is 627 g/mol. The van der Waals surface area contributed by atoms with Gasteiger partial charge < -0.3 is 15.4 Å². The number of urea groups is 1. The third kappa shape index (κ3) is 6.62. The van der Waals surface area contributed by atoms with Crippen LogP contribution in [0.2, 0.25) is 0 Å². The van der Waals surface area contributed by atoms with Crippen molar-refractivity contribution in [1.82, 2.24) is 15.1 Å². The fourth-order valence-electron chi connectivity index (χ4n) is 6.09. The number of sulfone groups is 1. The Morgan fingerprint density at radius 1 is 0.978 bits per heavy atom. The van der Waals surface area contributed by atoms with Crippen LogP contribution in [0.3, 0.4) is 0 Å². The summed E-state index contributed by atoms with van der Waals surface area (Å²) in [5.74, 6) is 1.29. The lowest BCUT2D eigenvalue weighted by molar-refractivity contribution is 0.262. The number of amides is 2. The first kappa shape index (κ1) is 30.9. The molecule has 45 heavy (non-hydrogen) atoms. The zero-order valence-electron chi connectivity index (χ0n) is 26.3. The number of rotatable bonds is 7. The molecule has 1 unspecified atom stereocenters. The lowest BCUT2D eigenvalue weighted by Gasteiger charge is -2.31. The van der Waals surface area contributed by atoms with Crippen LogP contribution in [0.25, 0.3) is 5.69 Å². The van der Waals surface area contributed by atoms with Crippen molar-refractivity contribution in [1.29, 1.82) is 0 Å². The molecule has 0 bridgehead atoms. The average Bonchev–Trinajstić information content (AvgIpc) is 3.66. The molecule has 0 radical (unpaired) electrons. The van der Waals surface area contributed by atoms with E-state index in [1.54, 1.807) is 35.0 Å². The van der Waals surface area contributed by atoms with Crippen LogP contribution in [-0.4, -0.2) is 43.9 Å². The third-order valence-electron chi connectivity index (χ3n) is 8.63. The van der Waals surface area contributed by atoms with Crippen molar-refractivity contribution >= 4 is 27.4 Å². The molecule has 3 N–H and O–H groups in total. The second kappa shape index (κ2) is 12.3. The number of ether oxygens (including phenoxy) is 1. The van der Waals surface area contributed by atoms with Crippen LogP contribution in [0.1, 0.15) is 61.2 Å². The van der Waals surface area contributed by atoms with Crippen LogP contribution >= 0.6 is 0 Å². The van der Waals surface area contributed by atoms with E-state index < -0.39 is 21.1 Å². The number of hydrogen-bond donors (Lipinski definition) is 3. The molecule has 3 aromatic carbocycles. The normalized spacial score (nSPS) is 16.1. The first-order valence-corrected chi connectivity index (χ1v) is 17.1.